The monoisotopic (exact) mass is 310 g/mol. The molecule has 0 aromatic heterocycles. The fourth-order valence-corrected chi connectivity index (χ4v) is 3.71. The summed E-state index contributed by atoms with van der Waals surface area (Å²) in [5, 5.41) is 9.47. The topological polar surface area (TPSA) is 71.4 Å². The van der Waals surface area contributed by atoms with Gasteiger partial charge in [0.1, 0.15) is 0 Å². The number of carboxylic acids is 1. The molecule has 5 heteroatoms. The lowest BCUT2D eigenvalue weighted by molar-refractivity contribution is -0.139. The fourth-order valence-electron chi connectivity index (χ4n) is 3.08. The van der Waals surface area contributed by atoms with Gasteiger partial charge in [0.15, 0.2) is 9.84 Å². The predicted octanol–water partition coefficient (Wildman–Crippen LogP) is 3.23. The fraction of sp³-hybridized carbons (Fsp3) is 0.562. The van der Waals surface area contributed by atoms with Crippen molar-refractivity contribution >= 4 is 15.8 Å². The Morgan fingerprint density at radius 2 is 1.76 bits per heavy atom. The molecule has 0 saturated heterocycles. The van der Waals surface area contributed by atoms with E-state index in [1.165, 1.54) is 31.4 Å². The Kier molecular flexibility index (Phi) is 5.04. The van der Waals surface area contributed by atoms with Crippen molar-refractivity contribution in [2.75, 3.05) is 6.26 Å². The van der Waals surface area contributed by atoms with Gasteiger partial charge in [0, 0.05) is 6.26 Å². The Morgan fingerprint density at radius 3 is 2.24 bits per heavy atom. The Morgan fingerprint density at radius 1 is 1.19 bits per heavy atom. The molecule has 1 fully saturated rings. The van der Waals surface area contributed by atoms with Crippen LogP contribution in [0.15, 0.2) is 29.2 Å². The lowest BCUT2D eigenvalue weighted by Crippen LogP contribution is -2.18. The van der Waals surface area contributed by atoms with E-state index in [1.54, 1.807) is 12.1 Å². The maximum atomic E-state index is 11.5. The van der Waals surface area contributed by atoms with Crippen molar-refractivity contribution < 1.29 is 18.3 Å². The van der Waals surface area contributed by atoms with Gasteiger partial charge in [-0.25, -0.2) is 8.42 Å². The van der Waals surface area contributed by atoms with Crippen LogP contribution in [0.3, 0.4) is 0 Å². The van der Waals surface area contributed by atoms with Gasteiger partial charge in [-0.15, -0.1) is 0 Å². The molecule has 1 aliphatic rings. The third-order valence-electron chi connectivity index (χ3n) is 4.30. The summed E-state index contributed by atoms with van der Waals surface area (Å²) < 4.78 is 22.9. The van der Waals surface area contributed by atoms with Crippen LogP contribution in [0.1, 0.15) is 50.0 Å². The first kappa shape index (κ1) is 16.0. The molecule has 1 aromatic carbocycles. The van der Waals surface area contributed by atoms with Crippen molar-refractivity contribution in [1.29, 1.82) is 0 Å². The lowest BCUT2D eigenvalue weighted by atomic mass is 9.80. The highest BCUT2D eigenvalue weighted by Crippen LogP contribution is 2.33. The van der Waals surface area contributed by atoms with Crippen molar-refractivity contribution in [3.63, 3.8) is 0 Å². The SMILES string of the molecule is CS(=O)(=O)c1ccc([C@H](CC2CCCCC2)C(=O)O)cc1. The van der Waals surface area contributed by atoms with Crippen molar-refractivity contribution in [1.82, 2.24) is 0 Å². The standard InChI is InChI=1S/C16H22O4S/c1-21(19,20)14-9-7-13(8-10-14)15(16(17)18)11-12-5-3-2-4-6-12/h7-10,12,15H,2-6,11H2,1H3,(H,17,18)/t15-/m0/s1. The third-order valence-corrected chi connectivity index (χ3v) is 5.43. The summed E-state index contributed by atoms with van der Waals surface area (Å²) >= 11 is 0. The number of benzene rings is 1. The minimum Gasteiger partial charge on any atom is -0.481 e. The van der Waals surface area contributed by atoms with Crippen LogP contribution in [0, 0.1) is 5.92 Å². The van der Waals surface area contributed by atoms with Gasteiger partial charge in [0.05, 0.1) is 10.8 Å². The molecule has 21 heavy (non-hydrogen) atoms. The van der Waals surface area contributed by atoms with E-state index in [0.29, 0.717) is 17.9 Å². The molecule has 1 atom stereocenters. The largest absolute Gasteiger partial charge is 0.481 e. The summed E-state index contributed by atoms with van der Waals surface area (Å²) in [5.74, 6) is -0.899. The van der Waals surface area contributed by atoms with E-state index in [9.17, 15) is 18.3 Å². The van der Waals surface area contributed by atoms with E-state index in [-0.39, 0.29) is 4.90 Å². The minimum absolute atomic E-state index is 0.230. The molecule has 2 rings (SSSR count). The zero-order chi connectivity index (χ0) is 15.5. The van der Waals surface area contributed by atoms with E-state index >= 15 is 0 Å². The quantitative estimate of drug-likeness (QED) is 0.906. The number of sulfone groups is 1. The Bertz CT molecular complexity index is 583. The number of hydrogen-bond donors (Lipinski definition) is 1. The molecule has 116 valence electrons. The first-order chi connectivity index (χ1) is 9.88. The maximum Gasteiger partial charge on any atom is 0.310 e. The highest BCUT2D eigenvalue weighted by atomic mass is 32.2. The predicted molar refractivity (Wildman–Crippen MR) is 81.1 cm³/mol. The molecule has 0 amide bonds. The van der Waals surface area contributed by atoms with Crippen LogP contribution >= 0.6 is 0 Å². The second kappa shape index (κ2) is 6.60. The van der Waals surface area contributed by atoms with Crippen molar-refractivity contribution in [3.05, 3.63) is 29.8 Å². The van der Waals surface area contributed by atoms with Crippen LogP contribution in [0.25, 0.3) is 0 Å². The van der Waals surface area contributed by atoms with Crippen LogP contribution in [0.5, 0.6) is 0 Å². The van der Waals surface area contributed by atoms with Gasteiger partial charge >= 0.3 is 5.97 Å². The number of hydrogen-bond acceptors (Lipinski definition) is 3. The molecular formula is C16H22O4S. The Balaban J connectivity index is 2.16. The van der Waals surface area contributed by atoms with Crippen LogP contribution < -0.4 is 0 Å². The van der Waals surface area contributed by atoms with Gasteiger partial charge in [0.25, 0.3) is 0 Å². The highest BCUT2D eigenvalue weighted by molar-refractivity contribution is 7.90. The molecule has 0 aliphatic heterocycles. The second-order valence-corrected chi connectivity index (χ2v) is 7.99. The molecule has 1 N–H and O–H groups in total. The lowest BCUT2D eigenvalue weighted by Gasteiger charge is -2.24. The molecule has 0 heterocycles. The van der Waals surface area contributed by atoms with Crippen molar-refractivity contribution in [2.45, 2.75) is 49.3 Å². The van der Waals surface area contributed by atoms with Gasteiger partial charge in [0.2, 0.25) is 0 Å². The number of rotatable bonds is 5. The molecular weight excluding hydrogens is 288 g/mol. The summed E-state index contributed by atoms with van der Waals surface area (Å²) in [7, 11) is -3.24. The van der Waals surface area contributed by atoms with Crippen molar-refractivity contribution in [2.24, 2.45) is 5.92 Å². The van der Waals surface area contributed by atoms with E-state index in [1.807, 2.05) is 0 Å². The summed E-state index contributed by atoms with van der Waals surface area (Å²) in [4.78, 5) is 11.8. The maximum absolute atomic E-state index is 11.5. The third kappa shape index (κ3) is 4.30. The molecule has 0 unspecified atom stereocenters. The van der Waals surface area contributed by atoms with Gasteiger partial charge in [-0.1, -0.05) is 44.2 Å². The average Bonchev–Trinajstić information content (AvgIpc) is 2.45. The summed E-state index contributed by atoms with van der Waals surface area (Å²) in [6.45, 7) is 0. The minimum atomic E-state index is -3.24. The number of carboxylic acid groups (broad SMARTS) is 1. The molecule has 0 spiro atoms. The number of aliphatic carboxylic acids is 1. The summed E-state index contributed by atoms with van der Waals surface area (Å²) in [5.41, 5.74) is 0.695. The first-order valence-corrected chi connectivity index (χ1v) is 9.30. The van der Waals surface area contributed by atoms with E-state index < -0.39 is 21.7 Å². The number of carbonyl (C=O) groups is 1. The second-order valence-electron chi connectivity index (χ2n) is 5.97. The van der Waals surface area contributed by atoms with Gasteiger partial charge in [-0.2, -0.15) is 0 Å². The van der Waals surface area contributed by atoms with Crippen LogP contribution in [-0.2, 0) is 14.6 Å². The highest BCUT2D eigenvalue weighted by Gasteiger charge is 2.25. The average molecular weight is 310 g/mol. The first-order valence-electron chi connectivity index (χ1n) is 7.41. The molecule has 1 aromatic rings. The van der Waals surface area contributed by atoms with Gasteiger partial charge in [-0.05, 0) is 30.0 Å². The Labute approximate surface area is 126 Å². The summed E-state index contributed by atoms with van der Waals surface area (Å²) in [6.07, 6.45) is 7.62. The van der Waals surface area contributed by atoms with Gasteiger partial charge in [-0.3, -0.25) is 4.79 Å². The van der Waals surface area contributed by atoms with E-state index in [4.69, 9.17) is 0 Å². The van der Waals surface area contributed by atoms with Crippen LogP contribution in [-0.4, -0.2) is 25.7 Å². The zero-order valence-electron chi connectivity index (χ0n) is 12.3. The van der Waals surface area contributed by atoms with Crippen LogP contribution in [0.2, 0.25) is 0 Å². The smallest absolute Gasteiger partial charge is 0.310 e. The molecule has 0 radical (unpaired) electrons. The zero-order valence-corrected chi connectivity index (χ0v) is 13.1. The van der Waals surface area contributed by atoms with Crippen LogP contribution in [0.4, 0.5) is 0 Å². The molecule has 1 aliphatic carbocycles. The normalized spacial score (nSPS) is 18.3. The van der Waals surface area contributed by atoms with Crippen molar-refractivity contribution in [3.8, 4) is 0 Å². The molecule has 4 nitrogen and oxygen atoms in total. The van der Waals surface area contributed by atoms with E-state index in [2.05, 4.69) is 0 Å². The van der Waals surface area contributed by atoms with Gasteiger partial charge < -0.3 is 5.11 Å². The molecule has 1 saturated carbocycles. The Hall–Kier alpha value is -1.36. The molecule has 0 bridgehead atoms. The summed E-state index contributed by atoms with van der Waals surface area (Å²) in [6, 6.07) is 6.28. The van der Waals surface area contributed by atoms with E-state index in [0.717, 1.165) is 19.1 Å².